The molecule has 0 amide bonds. The SMILES string of the molecule is O=C(C1CC1)C(c1ccccc1F)N1CCC(O)C1. The van der Waals surface area contributed by atoms with Crippen LogP contribution >= 0.6 is 0 Å². The van der Waals surface area contributed by atoms with Crippen molar-refractivity contribution >= 4 is 5.78 Å². The first-order valence-corrected chi connectivity index (χ1v) is 6.87. The highest BCUT2D eigenvalue weighted by molar-refractivity contribution is 5.89. The molecule has 0 spiro atoms. The molecule has 2 unspecified atom stereocenters. The minimum absolute atomic E-state index is 0.0855. The maximum Gasteiger partial charge on any atom is 0.157 e. The quantitative estimate of drug-likeness (QED) is 0.902. The number of β-amino-alcohol motifs (C(OH)–C–C–N with tert-alkyl or cyclic N) is 1. The molecule has 1 saturated carbocycles. The largest absolute Gasteiger partial charge is 0.392 e. The van der Waals surface area contributed by atoms with E-state index >= 15 is 0 Å². The van der Waals surface area contributed by atoms with Crippen molar-refractivity contribution in [3.8, 4) is 0 Å². The van der Waals surface area contributed by atoms with Crippen molar-refractivity contribution in [2.45, 2.75) is 31.4 Å². The molecule has 0 radical (unpaired) electrons. The zero-order valence-corrected chi connectivity index (χ0v) is 10.8. The molecule has 102 valence electrons. The minimum Gasteiger partial charge on any atom is -0.392 e. The third kappa shape index (κ3) is 2.55. The summed E-state index contributed by atoms with van der Waals surface area (Å²) in [5.74, 6) is -0.135. The molecule has 1 N–H and O–H groups in total. The van der Waals surface area contributed by atoms with Crippen molar-refractivity contribution < 1.29 is 14.3 Å². The second-order valence-corrected chi connectivity index (χ2v) is 5.54. The summed E-state index contributed by atoms with van der Waals surface area (Å²) in [4.78, 5) is 14.4. The second kappa shape index (κ2) is 5.02. The number of aliphatic hydroxyl groups excluding tert-OH is 1. The van der Waals surface area contributed by atoms with Crippen LogP contribution in [0.4, 0.5) is 4.39 Å². The number of benzene rings is 1. The standard InChI is InChI=1S/C15H18FNO2/c16-13-4-2-1-3-12(13)14(15(19)10-5-6-10)17-8-7-11(18)9-17/h1-4,10-11,14,18H,5-9H2. The predicted molar refractivity (Wildman–Crippen MR) is 69.1 cm³/mol. The third-order valence-corrected chi connectivity index (χ3v) is 4.01. The van der Waals surface area contributed by atoms with Crippen LogP contribution in [0.2, 0.25) is 0 Å². The van der Waals surface area contributed by atoms with Crippen molar-refractivity contribution in [2.24, 2.45) is 5.92 Å². The molecule has 2 fully saturated rings. The molecule has 0 bridgehead atoms. The van der Waals surface area contributed by atoms with Crippen LogP contribution in [0.5, 0.6) is 0 Å². The van der Waals surface area contributed by atoms with Gasteiger partial charge in [-0.15, -0.1) is 0 Å². The normalized spacial score (nSPS) is 25.5. The summed E-state index contributed by atoms with van der Waals surface area (Å²) in [6, 6.07) is 5.96. The van der Waals surface area contributed by atoms with Crippen LogP contribution in [-0.4, -0.2) is 35.0 Å². The Morgan fingerprint density at radius 3 is 2.63 bits per heavy atom. The van der Waals surface area contributed by atoms with Gasteiger partial charge in [0, 0.05) is 24.6 Å². The molecule has 2 aliphatic rings. The molecule has 1 aromatic rings. The number of likely N-dealkylation sites (tertiary alicyclic amines) is 1. The number of halogens is 1. The molecule has 0 aromatic heterocycles. The van der Waals surface area contributed by atoms with E-state index in [-0.39, 0.29) is 17.5 Å². The third-order valence-electron chi connectivity index (χ3n) is 4.01. The number of nitrogens with zero attached hydrogens (tertiary/aromatic N) is 1. The second-order valence-electron chi connectivity index (χ2n) is 5.54. The van der Waals surface area contributed by atoms with Crippen LogP contribution in [0.25, 0.3) is 0 Å². The average Bonchev–Trinajstić information content (AvgIpc) is 3.16. The van der Waals surface area contributed by atoms with E-state index in [1.807, 2.05) is 4.90 Å². The summed E-state index contributed by atoms with van der Waals surface area (Å²) >= 11 is 0. The van der Waals surface area contributed by atoms with Gasteiger partial charge in [0.05, 0.1) is 12.1 Å². The van der Waals surface area contributed by atoms with Crippen LogP contribution in [0, 0.1) is 11.7 Å². The molecule has 1 saturated heterocycles. The highest BCUT2D eigenvalue weighted by Gasteiger charge is 2.41. The number of Topliss-reactive ketones (excluding diaryl/α,β-unsaturated/α-hetero) is 1. The number of carbonyl (C=O) groups is 1. The summed E-state index contributed by atoms with van der Waals surface area (Å²) in [5.41, 5.74) is 0.452. The number of rotatable bonds is 4. The zero-order chi connectivity index (χ0) is 13.4. The van der Waals surface area contributed by atoms with Gasteiger partial charge >= 0.3 is 0 Å². The fraction of sp³-hybridized carbons (Fsp3) is 0.533. The van der Waals surface area contributed by atoms with E-state index in [4.69, 9.17) is 0 Å². The van der Waals surface area contributed by atoms with Crippen molar-refractivity contribution in [1.29, 1.82) is 0 Å². The first-order valence-electron chi connectivity index (χ1n) is 6.87. The molecule has 3 nitrogen and oxygen atoms in total. The lowest BCUT2D eigenvalue weighted by Gasteiger charge is -2.27. The van der Waals surface area contributed by atoms with Crippen molar-refractivity contribution in [3.63, 3.8) is 0 Å². The van der Waals surface area contributed by atoms with Gasteiger partial charge in [-0.05, 0) is 25.3 Å². The van der Waals surface area contributed by atoms with E-state index in [1.54, 1.807) is 18.2 Å². The van der Waals surface area contributed by atoms with Crippen LogP contribution in [0.1, 0.15) is 30.9 Å². The zero-order valence-electron chi connectivity index (χ0n) is 10.8. The first kappa shape index (κ1) is 12.8. The minimum atomic E-state index is -0.522. The fourth-order valence-electron chi connectivity index (χ4n) is 2.82. The number of hydrogen-bond acceptors (Lipinski definition) is 3. The summed E-state index contributed by atoms with van der Waals surface area (Å²) in [5, 5.41) is 9.65. The Bertz CT molecular complexity index is 487. The van der Waals surface area contributed by atoms with Crippen LogP contribution < -0.4 is 0 Å². The molecule has 2 atom stereocenters. The van der Waals surface area contributed by atoms with Gasteiger partial charge in [0.25, 0.3) is 0 Å². The lowest BCUT2D eigenvalue weighted by molar-refractivity contribution is -0.125. The highest BCUT2D eigenvalue weighted by Crippen LogP contribution is 2.38. The van der Waals surface area contributed by atoms with Gasteiger partial charge in [0.15, 0.2) is 5.78 Å². The monoisotopic (exact) mass is 263 g/mol. The van der Waals surface area contributed by atoms with Crippen molar-refractivity contribution in [2.75, 3.05) is 13.1 Å². The molecule has 3 rings (SSSR count). The van der Waals surface area contributed by atoms with Gasteiger partial charge in [-0.1, -0.05) is 18.2 Å². The first-order chi connectivity index (χ1) is 9.16. The van der Waals surface area contributed by atoms with Gasteiger partial charge in [0.2, 0.25) is 0 Å². The van der Waals surface area contributed by atoms with Gasteiger partial charge in [-0.3, -0.25) is 9.69 Å². The summed E-state index contributed by atoms with van der Waals surface area (Å²) in [6.07, 6.45) is 2.09. The number of carbonyl (C=O) groups excluding carboxylic acids is 1. The molecular weight excluding hydrogens is 245 g/mol. The lowest BCUT2D eigenvalue weighted by atomic mass is 9.98. The lowest BCUT2D eigenvalue weighted by Crippen LogP contribution is -2.34. The summed E-state index contributed by atoms with van der Waals surface area (Å²) < 4.78 is 14.0. The number of ketones is 1. The molecule has 1 heterocycles. The van der Waals surface area contributed by atoms with E-state index in [9.17, 15) is 14.3 Å². The highest BCUT2D eigenvalue weighted by atomic mass is 19.1. The van der Waals surface area contributed by atoms with Crippen LogP contribution in [0.3, 0.4) is 0 Å². The maximum absolute atomic E-state index is 14.0. The number of aliphatic hydroxyl groups is 1. The predicted octanol–water partition coefficient (Wildman–Crippen LogP) is 1.91. The maximum atomic E-state index is 14.0. The van der Waals surface area contributed by atoms with Gasteiger partial charge < -0.3 is 5.11 Å². The Morgan fingerprint density at radius 1 is 1.32 bits per heavy atom. The Balaban J connectivity index is 1.92. The molecule has 1 aromatic carbocycles. The van der Waals surface area contributed by atoms with Gasteiger partial charge in [-0.25, -0.2) is 4.39 Å². The van der Waals surface area contributed by atoms with Crippen LogP contribution in [0.15, 0.2) is 24.3 Å². The molecular formula is C15H18FNO2. The van der Waals surface area contributed by atoms with E-state index in [1.165, 1.54) is 6.07 Å². The summed E-state index contributed by atoms with van der Waals surface area (Å²) in [6.45, 7) is 1.11. The molecule has 4 heteroatoms. The van der Waals surface area contributed by atoms with E-state index in [0.29, 0.717) is 25.1 Å². The van der Waals surface area contributed by atoms with Gasteiger partial charge in [0.1, 0.15) is 5.82 Å². The van der Waals surface area contributed by atoms with E-state index < -0.39 is 12.1 Å². The van der Waals surface area contributed by atoms with E-state index in [0.717, 1.165) is 12.8 Å². The molecule has 1 aliphatic carbocycles. The van der Waals surface area contributed by atoms with Crippen molar-refractivity contribution in [1.82, 2.24) is 4.90 Å². The summed E-state index contributed by atoms with van der Waals surface area (Å²) in [7, 11) is 0. The van der Waals surface area contributed by atoms with Crippen molar-refractivity contribution in [3.05, 3.63) is 35.6 Å². The van der Waals surface area contributed by atoms with Crippen LogP contribution in [-0.2, 0) is 4.79 Å². The molecule has 1 aliphatic heterocycles. The molecule has 19 heavy (non-hydrogen) atoms. The van der Waals surface area contributed by atoms with Gasteiger partial charge in [-0.2, -0.15) is 0 Å². The fourth-order valence-corrected chi connectivity index (χ4v) is 2.82. The average molecular weight is 263 g/mol. The topological polar surface area (TPSA) is 40.5 Å². The Morgan fingerprint density at radius 2 is 2.05 bits per heavy atom. The Labute approximate surface area is 112 Å². The Kier molecular flexibility index (Phi) is 3.37. The Hall–Kier alpha value is -1.26. The smallest absolute Gasteiger partial charge is 0.157 e. The number of hydrogen-bond donors (Lipinski definition) is 1. The van der Waals surface area contributed by atoms with E-state index in [2.05, 4.69) is 0 Å².